The van der Waals surface area contributed by atoms with Crippen LogP contribution in [0.5, 0.6) is 5.75 Å². The van der Waals surface area contributed by atoms with Gasteiger partial charge in [0.15, 0.2) is 0 Å². The second-order valence-electron chi connectivity index (χ2n) is 11.2. The number of Topliss-reactive ketones (excluding diaryl/α,β-unsaturated/α-hetero) is 1. The first-order valence-electron chi connectivity index (χ1n) is 13.2. The molecule has 1 aliphatic heterocycles. The van der Waals surface area contributed by atoms with Crippen molar-refractivity contribution >= 4 is 17.1 Å². The molecule has 0 unspecified atom stereocenters. The van der Waals surface area contributed by atoms with Gasteiger partial charge in [-0.05, 0) is 50.5 Å². The maximum absolute atomic E-state index is 13.1. The minimum absolute atomic E-state index is 0.114. The number of carbonyl (C=O) groups is 1. The molecule has 0 atom stereocenters. The molecular weight excluding hydrogens is 490 g/mol. The molecule has 1 saturated heterocycles. The molecule has 8 heteroatoms. The van der Waals surface area contributed by atoms with Gasteiger partial charge in [-0.2, -0.15) is 10.4 Å². The van der Waals surface area contributed by atoms with Crippen LogP contribution in [0.1, 0.15) is 44.7 Å². The molecule has 0 radical (unpaired) electrons. The average Bonchev–Trinajstić information content (AvgIpc) is 3.35. The lowest BCUT2D eigenvalue weighted by atomic mass is 9.75. The standard InChI is InChI=1S/C31H33N5O3/c1-30(2,38)21-39-25-16-26(29-24(17-32)19-34-36(29)20-25)23-9-10-28(33-18-23)35-13-11-31(3,12-14-35)27(37)15-22-7-5-4-6-8-22/h4-10,16,18-20,38H,11-15,21H2,1-3H3. The van der Waals surface area contributed by atoms with Crippen molar-refractivity contribution in [2.45, 2.75) is 45.6 Å². The van der Waals surface area contributed by atoms with E-state index in [9.17, 15) is 15.2 Å². The first-order chi connectivity index (χ1) is 18.6. The number of carbonyl (C=O) groups excluding carboxylic acids is 1. The van der Waals surface area contributed by atoms with Crippen molar-refractivity contribution in [1.29, 1.82) is 5.26 Å². The van der Waals surface area contributed by atoms with E-state index in [2.05, 4.69) is 23.0 Å². The van der Waals surface area contributed by atoms with Gasteiger partial charge in [0, 0.05) is 42.2 Å². The lowest BCUT2D eigenvalue weighted by Crippen LogP contribution is -2.43. The number of rotatable bonds is 8. The monoisotopic (exact) mass is 523 g/mol. The number of aromatic nitrogens is 3. The topological polar surface area (TPSA) is 104 Å². The van der Waals surface area contributed by atoms with Crippen molar-refractivity contribution in [2.24, 2.45) is 5.41 Å². The molecule has 4 aromatic rings. The van der Waals surface area contributed by atoms with Gasteiger partial charge in [0.05, 0.1) is 29.1 Å². The number of anilines is 1. The van der Waals surface area contributed by atoms with Crippen LogP contribution in [0, 0.1) is 16.7 Å². The Morgan fingerprint density at radius 3 is 2.54 bits per heavy atom. The summed E-state index contributed by atoms with van der Waals surface area (Å²) in [5.74, 6) is 1.68. The Kier molecular flexibility index (Phi) is 7.11. The van der Waals surface area contributed by atoms with Crippen molar-refractivity contribution < 1.29 is 14.6 Å². The Morgan fingerprint density at radius 1 is 1.15 bits per heavy atom. The van der Waals surface area contributed by atoms with Gasteiger partial charge in [-0.3, -0.25) is 4.79 Å². The third-order valence-corrected chi connectivity index (χ3v) is 7.43. The molecule has 1 aromatic carbocycles. The predicted molar refractivity (Wildman–Crippen MR) is 150 cm³/mol. The summed E-state index contributed by atoms with van der Waals surface area (Å²) >= 11 is 0. The molecule has 3 aromatic heterocycles. The first kappa shape index (κ1) is 26.4. The Morgan fingerprint density at radius 2 is 1.90 bits per heavy atom. The number of pyridine rings is 2. The van der Waals surface area contributed by atoms with Gasteiger partial charge in [0.25, 0.3) is 0 Å². The van der Waals surface area contributed by atoms with Gasteiger partial charge >= 0.3 is 0 Å². The fourth-order valence-corrected chi connectivity index (χ4v) is 4.97. The van der Waals surface area contributed by atoms with Crippen LogP contribution in [0.3, 0.4) is 0 Å². The average molecular weight is 524 g/mol. The maximum Gasteiger partial charge on any atom is 0.143 e. The number of benzene rings is 1. The van der Waals surface area contributed by atoms with Gasteiger partial charge in [-0.15, -0.1) is 0 Å². The molecule has 0 amide bonds. The van der Waals surface area contributed by atoms with Crippen LogP contribution in [0.4, 0.5) is 5.82 Å². The van der Waals surface area contributed by atoms with Crippen LogP contribution < -0.4 is 9.64 Å². The summed E-state index contributed by atoms with van der Waals surface area (Å²) in [6, 6.07) is 18.0. The SMILES string of the molecule is CC(C)(O)COc1cc(-c2ccc(N3CCC(C)(C(=O)Cc4ccccc4)CC3)nc2)c2c(C#N)cnn2c1. The fourth-order valence-electron chi connectivity index (χ4n) is 4.97. The quantitative estimate of drug-likeness (QED) is 0.353. The largest absolute Gasteiger partial charge is 0.489 e. The highest BCUT2D eigenvalue weighted by molar-refractivity contribution is 5.87. The number of hydrogen-bond donors (Lipinski definition) is 1. The van der Waals surface area contributed by atoms with Crippen LogP contribution in [0.15, 0.2) is 67.1 Å². The minimum atomic E-state index is -0.989. The summed E-state index contributed by atoms with van der Waals surface area (Å²) < 4.78 is 7.45. The number of ether oxygens (including phenoxy) is 1. The van der Waals surface area contributed by atoms with Gasteiger partial charge in [0.2, 0.25) is 0 Å². The molecular formula is C31H33N5O3. The number of nitrogens with zero attached hydrogens (tertiary/aromatic N) is 5. The number of fused-ring (bicyclic) bond motifs is 1. The summed E-state index contributed by atoms with van der Waals surface area (Å²) in [5, 5.41) is 24.0. The lowest BCUT2D eigenvalue weighted by molar-refractivity contribution is -0.128. The van der Waals surface area contributed by atoms with Gasteiger partial charge in [0.1, 0.15) is 30.0 Å². The molecule has 0 aliphatic carbocycles. The Hall–Kier alpha value is -4.22. The van der Waals surface area contributed by atoms with E-state index in [4.69, 9.17) is 9.72 Å². The molecule has 0 saturated carbocycles. The van der Waals surface area contributed by atoms with Crippen LogP contribution in [-0.4, -0.2) is 50.8 Å². The highest BCUT2D eigenvalue weighted by atomic mass is 16.5. The normalized spacial score (nSPS) is 15.2. The minimum Gasteiger partial charge on any atom is -0.489 e. The molecule has 8 nitrogen and oxygen atoms in total. The number of hydrogen-bond acceptors (Lipinski definition) is 7. The maximum atomic E-state index is 13.1. The number of ketones is 1. The molecule has 4 heterocycles. The molecule has 0 spiro atoms. The number of nitriles is 1. The second kappa shape index (κ2) is 10.5. The first-order valence-corrected chi connectivity index (χ1v) is 13.2. The van der Waals surface area contributed by atoms with Crippen molar-refractivity contribution in [3.63, 3.8) is 0 Å². The molecule has 1 N–H and O–H groups in total. The fraction of sp³-hybridized carbons (Fsp3) is 0.355. The number of piperidine rings is 1. The molecule has 1 aliphatic rings. The van der Waals surface area contributed by atoms with Gasteiger partial charge in [-0.25, -0.2) is 9.50 Å². The zero-order valence-electron chi connectivity index (χ0n) is 22.6. The molecule has 39 heavy (non-hydrogen) atoms. The zero-order chi connectivity index (χ0) is 27.6. The van der Waals surface area contributed by atoms with E-state index in [1.165, 1.54) is 6.20 Å². The van der Waals surface area contributed by atoms with Crippen molar-refractivity contribution in [3.8, 4) is 22.9 Å². The van der Waals surface area contributed by atoms with E-state index in [0.717, 1.165) is 48.4 Å². The third kappa shape index (κ3) is 5.79. The highest BCUT2D eigenvalue weighted by Gasteiger charge is 2.36. The van der Waals surface area contributed by atoms with Crippen LogP contribution >= 0.6 is 0 Å². The van der Waals surface area contributed by atoms with E-state index < -0.39 is 5.60 Å². The Bertz CT molecular complexity index is 1510. The van der Waals surface area contributed by atoms with E-state index in [-0.39, 0.29) is 12.0 Å². The van der Waals surface area contributed by atoms with E-state index in [1.807, 2.05) is 48.5 Å². The summed E-state index contributed by atoms with van der Waals surface area (Å²) in [7, 11) is 0. The highest BCUT2D eigenvalue weighted by Crippen LogP contribution is 2.36. The number of aliphatic hydroxyl groups is 1. The summed E-state index contributed by atoms with van der Waals surface area (Å²) in [5.41, 5.74) is 2.47. The van der Waals surface area contributed by atoms with Crippen LogP contribution in [-0.2, 0) is 11.2 Å². The second-order valence-corrected chi connectivity index (χ2v) is 11.2. The van der Waals surface area contributed by atoms with Crippen molar-refractivity contribution in [2.75, 3.05) is 24.6 Å². The molecule has 1 fully saturated rings. The Labute approximate surface area is 228 Å². The Balaban J connectivity index is 1.33. The summed E-state index contributed by atoms with van der Waals surface area (Å²) in [6.07, 6.45) is 7.07. The van der Waals surface area contributed by atoms with E-state index >= 15 is 0 Å². The molecule has 0 bridgehead atoms. The van der Waals surface area contributed by atoms with E-state index in [1.54, 1.807) is 30.8 Å². The van der Waals surface area contributed by atoms with Gasteiger partial charge in [-0.1, -0.05) is 37.3 Å². The van der Waals surface area contributed by atoms with Crippen molar-refractivity contribution in [1.82, 2.24) is 14.6 Å². The predicted octanol–water partition coefficient (Wildman–Crippen LogP) is 4.84. The third-order valence-electron chi connectivity index (χ3n) is 7.43. The van der Waals surface area contributed by atoms with E-state index in [0.29, 0.717) is 29.0 Å². The molecule has 200 valence electrons. The smallest absolute Gasteiger partial charge is 0.143 e. The summed E-state index contributed by atoms with van der Waals surface area (Å²) in [6.45, 7) is 7.08. The molecule has 5 rings (SSSR count). The van der Waals surface area contributed by atoms with Crippen LogP contribution in [0.25, 0.3) is 16.6 Å². The lowest BCUT2D eigenvalue weighted by Gasteiger charge is -2.39. The van der Waals surface area contributed by atoms with Crippen molar-refractivity contribution in [3.05, 3.63) is 78.2 Å². The summed E-state index contributed by atoms with van der Waals surface area (Å²) in [4.78, 5) is 20.1. The van der Waals surface area contributed by atoms with Gasteiger partial charge < -0.3 is 14.7 Å². The van der Waals surface area contributed by atoms with Crippen LogP contribution in [0.2, 0.25) is 0 Å². The zero-order valence-corrected chi connectivity index (χ0v) is 22.6.